The molecule has 0 heterocycles. The van der Waals surface area contributed by atoms with Crippen LogP contribution in [0, 0.1) is 0 Å². The highest BCUT2D eigenvalue weighted by atomic mass is 32.1. The Hall–Kier alpha value is -3.16. The topological polar surface area (TPSA) is 220 Å². The number of nitrogens with two attached hydrogens (primary N) is 3. The molecule has 0 saturated heterocycles. The summed E-state index contributed by atoms with van der Waals surface area (Å²) in [5.41, 5.74) is 17.3. The van der Waals surface area contributed by atoms with E-state index in [0.29, 0.717) is 19.4 Å². The molecule has 4 atom stereocenters. The molecule has 0 aliphatic heterocycles. The van der Waals surface area contributed by atoms with Gasteiger partial charge in [0, 0.05) is 5.75 Å². The third kappa shape index (κ3) is 11.2. The van der Waals surface area contributed by atoms with E-state index in [4.69, 9.17) is 17.2 Å². The van der Waals surface area contributed by atoms with Crippen LogP contribution in [0.15, 0.2) is 30.3 Å². The van der Waals surface area contributed by atoms with Gasteiger partial charge >= 0.3 is 5.97 Å². The molecule has 194 valence electrons. The summed E-state index contributed by atoms with van der Waals surface area (Å²) in [5, 5.41) is 16.5. The molecule has 0 bridgehead atoms. The van der Waals surface area contributed by atoms with Gasteiger partial charge in [-0.15, -0.1) is 0 Å². The average Bonchev–Trinajstić information content (AvgIpc) is 2.81. The van der Waals surface area contributed by atoms with Crippen molar-refractivity contribution in [3.8, 4) is 0 Å². The normalized spacial score (nSPS) is 14.1. The lowest BCUT2D eigenvalue weighted by atomic mass is 10.1. The summed E-state index contributed by atoms with van der Waals surface area (Å²) in [6.07, 6.45) is 0.818. The summed E-state index contributed by atoms with van der Waals surface area (Å²) in [6, 6.07) is 4.41. The van der Waals surface area contributed by atoms with Crippen LogP contribution in [0.4, 0.5) is 0 Å². The van der Waals surface area contributed by atoms with Gasteiger partial charge in [0.1, 0.15) is 18.1 Å². The van der Waals surface area contributed by atoms with Gasteiger partial charge in [0.2, 0.25) is 23.6 Å². The van der Waals surface area contributed by atoms with Crippen molar-refractivity contribution in [3.63, 3.8) is 0 Å². The quantitative estimate of drug-likeness (QED) is 0.0918. The Labute approximate surface area is 209 Å². The molecular weight excluding hydrogens is 476 g/mol. The Balaban J connectivity index is 2.84. The molecule has 0 aromatic heterocycles. The van der Waals surface area contributed by atoms with E-state index in [2.05, 4.69) is 28.6 Å². The molecule has 0 aliphatic rings. The van der Waals surface area contributed by atoms with Crippen molar-refractivity contribution in [1.29, 1.82) is 0 Å². The molecule has 10 N–H and O–H groups in total. The number of hydrogen-bond acceptors (Lipinski definition) is 8. The maximum atomic E-state index is 12.8. The second-order valence-corrected chi connectivity index (χ2v) is 8.32. The molecule has 0 radical (unpaired) electrons. The summed E-state index contributed by atoms with van der Waals surface area (Å²) in [6.45, 7) is 0.357. The molecule has 0 aliphatic carbocycles. The van der Waals surface area contributed by atoms with E-state index in [0.717, 1.165) is 5.56 Å². The lowest BCUT2D eigenvalue weighted by Crippen LogP contribution is -2.58. The minimum absolute atomic E-state index is 0.0772. The van der Waals surface area contributed by atoms with Gasteiger partial charge in [-0.2, -0.15) is 12.6 Å². The SMILES string of the molecule is NCCCCC(NC(=O)C(CS)NC(=O)C(N)Cc1ccccc1)C(=O)NC(CC(N)=O)C(=O)O. The number of primary amides is 1. The molecule has 0 spiro atoms. The van der Waals surface area contributed by atoms with Gasteiger partial charge < -0.3 is 38.3 Å². The van der Waals surface area contributed by atoms with Crippen LogP contribution in [-0.4, -0.2) is 71.2 Å². The van der Waals surface area contributed by atoms with Crippen molar-refractivity contribution in [2.75, 3.05) is 12.3 Å². The molecule has 1 aromatic rings. The summed E-state index contributed by atoms with van der Waals surface area (Å²) in [7, 11) is 0. The Morgan fingerprint density at radius 3 is 2.00 bits per heavy atom. The maximum Gasteiger partial charge on any atom is 0.326 e. The minimum atomic E-state index is -1.55. The van der Waals surface area contributed by atoms with Crippen LogP contribution in [0.1, 0.15) is 31.2 Å². The van der Waals surface area contributed by atoms with Crippen LogP contribution in [0.3, 0.4) is 0 Å². The molecule has 12 nitrogen and oxygen atoms in total. The molecule has 35 heavy (non-hydrogen) atoms. The van der Waals surface area contributed by atoms with Crippen molar-refractivity contribution in [2.45, 2.75) is 56.3 Å². The highest BCUT2D eigenvalue weighted by Crippen LogP contribution is 2.05. The van der Waals surface area contributed by atoms with E-state index in [1.54, 1.807) is 0 Å². The third-order valence-electron chi connectivity index (χ3n) is 5.05. The zero-order valence-corrected chi connectivity index (χ0v) is 20.2. The lowest BCUT2D eigenvalue weighted by Gasteiger charge is -2.24. The fourth-order valence-corrected chi connectivity index (χ4v) is 3.40. The zero-order valence-electron chi connectivity index (χ0n) is 19.3. The smallest absolute Gasteiger partial charge is 0.326 e. The van der Waals surface area contributed by atoms with Crippen molar-refractivity contribution in [2.24, 2.45) is 17.2 Å². The van der Waals surface area contributed by atoms with Crippen LogP contribution >= 0.6 is 12.6 Å². The number of hydrogen-bond donors (Lipinski definition) is 8. The van der Waals surface area contributed by atoms with Crippen LogP contribution < -0.4 is 33.2 Å². The van der Waals surface area contributed by atoms with Crippen molar-refractivity contribution >= 4 is 42.2 Å². The fourth-order valence-electron chi connectivity index (χ4n) is 3.14. The van der Waals surface area contributed by atoms with Crippen molar-refractivity contribution < 1.29 is 29.1 Å². The van der Waals surface area contributed by atoms with Crippen molar-refractivity contribution in [1.82, 2.24) is 16.0 Å². The molecule has 13 heteroatoms. The first-order valence-electron chi connectivity index (χ1n) is 11.1. The van der Waals surface area contributed by atoms with E-state index in [1.807, 2.05) is 30.3 Å². The number of carboxylic acid groups (broad SMARTS) is 1. The van der Waals surface area contributed by atoms with Gasteiger partial charge in [-0.05, 0) is 37.8 Å². The molecule has 1 rings (SSSR count). The first-order valence-corrected chi connectivity index (χ1v) is 11.7. The number of amides is 4. The number of unbranched alkanes of at least 4 members (excludes halogenated alkanes) is 1. The van der Waals surface area contributed by atoms with Crippen LogP contribution in [0.5, 0.6) is 0 Å². The number of rotatable bonds is 16. The van der Waals surface area contributed by atoms with Gasteiger partial charge in [-0.3, -0.25) is 19.2 Å². The Morgan fingerprint density at radius 2 is 1.46 bits per heavy atom. The fraction of sp³-hybridized carbons (Fsp3) is 0.500. The van der Waals surface area contributed by atoms with Crippen LogP contribution in [0.2, 0.25) is 0 Å². The number of thiol groups is 1. The maximum absolute atomic E-state index is 12.8. The van der Waals surface area contributed by atoms with Crippen LogP contribution in [-0.2, 0) is 30.4 Å². The monoisotopic (exact) mass is 510 g/mol. The predicted octanol–water partition coefficient (Wildman–Crippen LogP) is -1.97. The van der Waals surface area contributed by atoms with Gasteiger partial charge in [0.25, 0.3) is 0 Å². The van der Waals surface area contributed by atoms with Gasteiger partial charge in [0.05, 0.1) is 12.5 Å². The molecule has 4 amide bonds. The Morgan fingerprint density at radius 1 is 0.886 bits per heavy atom. The molecule has 0 saturated carbocycles. The van der Waals surface area contributed by atoms with Gasteiger partial charge in [-0.1, -0.05) is 30.3 Å². The molecule has 4 unspecified atom stereocenters. The Kier molecular flexibility index (Phi) is 13.4. The summed E-state index contributed by atoms with van der Waals surface area (Å²) in [4.78, 5) is 60.5. The largest absolute Gasteiger partial charge is 0.480 e. The summed E-state index contributed by atoms with van der Waals surface area (Å²) < 4.78 is 0. The predicted molar refractivity (Wildman–Crippen MR) is 132 cm³/mol. The number of carbonyl (C=O) groups excluding carboxylic acids is 4. The zero-order chi connectivity index (χ0) is 26.4. The van der Waals surface area contributed by atoms with E-state index < -0.39 is 60.2 Å². The number of benzene rings is 1. The van der Waals surface area contributed by atoms with Crippen LogP contribution in [0.25, 0.3) is 0 Å². The van der Waals surface area contributed by atoms with E-state index in [9.17, 15) is 29.1 Å². The van der Waals surface area contributed by atoms with E-state index >= 15 is 0 Å². The summed E-state index contributed by atoms with van der Waals surface area (Å²) >= 11 is 4.11. The number of aliphatic carboxylic acids is 1. The van der Waals surface area contributed by atoms with E-state index in [-0.39, 0.29) is 18.6 Å². The molecular formula is C22H34N6O6S. The number of nitrogens with one attached hydrogen (secondary N) is 3. The first-order chi connectivity index (χ1) is 16.6. The molecule has 1 aromatic carbocycles. The second kappa shape index (κ2) is 15.7. The van der Waals surface area contributed by atoms with Gasteiger partial charge in [0.15, 0.2) is 0 Å². The third-order valence-corrected chi connectivity index (χ3v) is 5.42. The highest BCUT2D eigenvalue weighted by molar-refractivity contribution is 7.80. The number of carboxylic acids is 1. The lowest BCUT2D eigenvalue weighted by molar-refractivity contribution is -0.143. The summed E-state index contributed by atoms with van der Waals surface area (Å²) in [5.74, 6) is -4.52. The van der Waals surface area contributed by atoms with Crippen molar-refractivity contribution in [3.05, 3.63) is 35.9 Å². The average molecular weight is 511 g/mol. The van der Waals surface area contributed by atoms with Gasteiger partial charge in [-0.25, -0.2) is 4.79 Å². The van der Waals surface area contributed by atoms with E-state index in [1.165, 1.54) is 0 Å². The highest BCUT2D eigenvalue weighted by Gasteiger charge is 2.30. The Bertz CT molecular complexity index is 871. The first kappa shape index (κ1) is 29.9. The number of carbonyl (C=O) groups is 5. The standard InChI is InChI=1S/C22H34N6O6S/c23-9-5-4-8-15(20(31)27-16(22(33)34)11-18(25)29)26-21(32)17(12-35)28-19(30)14(24)10-13-6-2-1-3-7-13/h1-3,6-7,14-17,35H,4-5,8-12,23-24H2,(H2,25,29)(H,26,32)(H,27,31)(H,28,30)(H,33,34). The minimum Gasteiger partial charge on any atom is -0.480 e. The molecule has 0 fully saturated rings. The second-order valence-electron chi connectivity index (χ2n) is 7.96.